The standard InChI is InChI=1S/C17H16N2O2/c1-12-6-5-7-14(18-12)10-13-11-16(20)19(17(13)21)15-8-3-2-4-9-15/h2-9,13H,10-11H2,1H3. The summed E-state index contributed by atoms with van der Waals surface area (Å²) in [7, 11) is 0. The van der Waals surface area contributed by atoms with Crippen LogP contribution in [0.25, 0.3) is 0 Å². The van der Waals surface area contributed by atoms with Gasteiger partial charge in [-0.3, -0.25) is 19.5 Å². The Kier molecular flexibility index (Phi) is 3.52. The van der Waals surface area contributed by atoms with E-state index in [1.54, 1.807) is 12.1 Å². The highest BCUT2D eigenvalue weighted by atomic mass is 16.2. The molecular formula is C17H16N2O2. The van der Waals surface area contributed by atoms with Gasteiger partial charge in [0, 0.05) is 24.2 Å². The van der Waals surface area contributed by atoms with Crippen LogP contribution in [0.5, 0.6) is 0 Å². The number of amides is 2. The lowest BCUT2D eigenvalue weighted by atomic mass is 10.0. The highest BCUT2D eigenvalue weighted by Crippen LogP contribution is 2.28. The van der Waals surface area contributed by atoms with E-state index in [2.05, 4.69) is 4.98 Å². The monoisotopic (exact) mass is 280 g/mol. The number of imide groups is 1. The summed E-state index contributed by atoms with van der Waals surface area (Å²) in [4.78, 5) is 30.3. The van der Waals surface area contributed by atoms with Gasteiger partial charge in [0.1, 0.15) is 0 Å². The first-order valence-corrected chi connectivity index (χ1v) is 6.99. The fourth-order valence-electron chi connectivity index (χ4n) is 2.67. The van der Waals surface area contributed by atoms with Crippen LogP contribution >= 0.6 is 0 Å². The van der Waals surface area contributed by atoms with Gasteiger partial charge < -0.3 is 0 Å². The van der Waals surface area contributed by atoms with E-state index in [-0.39, 0.29) is 24.2 Å². The summed E-state index contributed by atoms with van der Waals surface area (Å²) >= 11 is 0. The lowest BCUT2D eigenvalue weighted by Gasteiger charge is -2.14. The molecule has 2 amide bonds. The summed E-state index contributed by atoms with van der Waals surface area (Å²) < 4.78 is 0. The largest absolute Gasteiger partial charge is 0.274 e. The molecule has 4 nitrogen and oxygen atoms in total. The van der Waals surface area contributed by atoms with E-state index in [0.717, 1.165) is 11.4 Å². The number of aromatic nitrogens is 1. The van der Waals surface area contributed by atoms with Crippen LogP contribution in [0.1, 0.15) is 17.8 Å². The summed E-state index contributed by atoms with van der Waals surface area (Å²) in [6.45, 7) is 1.92. The molecule has 1 aliphatic heterocycles. The zero-order chi connectivity index (χ0) is 14.8. The molecule has 1 unspecified atom stereocenters. The van der Waals surface area contributed by atoms with Gasteiger partial charge in [0.2, 0.25) is 11.8 Å². The molecule has 3 rings (SSSR count). The molecule has 1 fully saturated rings. The summed E-state index contributed by atoms with van der Waals surface area (Å²) in [6.07, 6.45) is 0.763. The number of anilines is 1. The van der Waals surface area contributed by atoms with Crippen LogP contribution in [0.15, 0.2) is 48.5 Å². The third-order valence-corrected chi connectivity index (χ3v) is 3.66. The minimum absolute atomic E-state index is 0.130. The molecule has 0 saturated carbocycles. The van der Waals surface area contributed by atoms with Crippen molar-refractivity contribution in [3.63, 3.8) is 0 Å². The SMILES string of the molecule is Cc1cccc(CC2CC(=O)N(c3ccccc3)C2=O)n1. The van der Waals surface area contributed by atoms with Gasteiger partial charge in [-0.05, 0) is 31.2 Å². The number of hydrogen-bond acceptors (Lipinski definition) is 3. The van der Waals surface area contributed by atoms with Gasteiger partial charge in [-0.1, -0.05) is 24.3 Å². The fraction of sp³-hybridized carbons (Fsp3) is 0.235. The van der Waals surface area contributed by atoms with E-state index in [0.29, 0.717) is 12.1 Å². The molecule has 0 bridgehead atoms. The Bertz CT molecular complexity index is 682. The molecule has 1 aliphatic rings. The maximum absolute atomic E-state index is 12.5. The van der Waals surface area contributed by atoms with Crippen LogP contribution in [-0.2, 0) is 16.0 Å². The third-order valence-electron chi connectivity index (χ3n) is 3.66. The van der Waals surface area contributed by atoms with Crippen LogP contribution in [0, 0.1) is 12.8 Å². The minimum Gasteiger partial charge on any atom is -0.274 e. The topological polar surface area (TPSA) is 50.3 Å². The van der Waals surface area contributed by atoms with Crippen LogP contribution in [0.4, 0.5) is 5.69 Å². The number of nitrogens with zero attached hydrogens (tertiary/aromatic N) is 2. The maximum Gasteiger partial charge on any atom is 0.237 e. The van der Waals surface area contributed by atoms with Crippen molar-refractivity contribution in [2.45, 2.75) is 19.8 Å². The van der Waals surface area contributed by atoms with E-state index in [1.165, 1.54) is 4.90 Å². The van der Waals surface area contributed by atoms with E-state index in [9.17, 15) is 9.59 Å². The number of aryl methyl sites for hydroxylation is 1. The van der Waals surface area contributed by atoms with Gasteiger partial charge in [0.25, 0.3) is 0 Å². The molecule has 0 radical (unpaired) electrons. The van der Waals surface area contributed by atoms with Gasteiger partial charge in [-0.25, -0.2) is 0 Å². The number of benzene rings is 1. The second-order valence-electron chi connectivity index (χ2n) is 5.28. The summed E-state index contributed by atoms with van der Waals surface area (Å²) in [6, 6.07) is 14.8. The molecule has 1 aromatic carbocycles. The van der Waals surface area contributed by atoms with Crippen molar-refractivity contribution < 1.29 is 9.59 Å². The van der Waals surface area contributed by atoms with E-state index in [1.807, 2.05) is 43.3 Å². The van der Waals surface area contributed by atoms with Crippen molar-refractivity contribution in [2.24, 2.45) is 5.92 Å². The van der Waals surface area contributed by atoms with E-state index in [4.69, 9.17) is 0 Å². The Morgan fingerprint density at radius 2 is 1.86 bits per heavy atom. The Morgan fingerprint density at radius 3 is 2.57 bits per heavy atom. The highest BCUT2D eigenvalue weighted by Gasteiger charge is 2.39. The second-order valence-corrected chi connectivity index (χ2v) is 5.28. The van der Waals surface area contributed by atoms with Gasteiger partial charge in [0.15, 0.2) is 0 Å². The summed E-state index contributed by atoms with van der Waals surface area (Å²) in [5, 5.41) is 0. The van der Waals surface area contributed by atoms with Gasteiger partial charge in [0.05, 0.1) is 11.6 Å². The van der Waals surface area contributed by atoms with Crippen molar-refractivity contribution >= 4 is 17.5 Å². The number of para-hydroxylation sites is 1. The molecule has 1 aromatic heterocycles. The van der Waals surface area contributed by atoms with Gasteiger partial charge in [-0.15, -0.1) is 0 Å². The average molecular weight is 280 g/mol. The normalized spacial score (nSPS) is 18.3. The molecule has 1 saturated heterocycles. The van der Waals surface area contributed by atoms with Crippen LogP contribution in [0.3, 0.4) is 0 Å². The predicted octanol–water partition coefficient (Wildman–Crippen LogP) is 2.51. The molecule has 2 aromatic rings. The molecular weight excluding hydrogens is 264 g/mol. The molecule has 0 spiro atoms. The molecule has 21 heavy (non-hydrogen) atoms. The molecule has 0 N–H and O–H groups in total. The lowest BCUT2D eigenvalue weighted by molar-refractivity contribution is -0.122. The Hall–Kier alpha value is -2.49. The average Bonchev–Trinajstić information content (AvgIpc) is 2.74. The minimum atomic E-state index is -0.313. The molecule has 2 heterocycles. The van der Waals surface area contributed by atoms with E-state index < -0.39 is 0 Å². The van der Waals surface area contributed by atoms with Crippen molar-refractivity contribution in [3.05, 3.63) is 59.9 Å². The number of hydrogen-bond donors (Lipinski definition) is 0. The first-order chi connectivity index (χ1) is 10.1. The molecule has 1 atom stereocenters. The Balaban J connectivity index is 1.81. The first-order valence-electron chi connectivity index (χ1n) is 6.99. The summed E-state index contributed by atoms with van der Waals surface area (Å²) in [5.41, 5.74) is 2.42. The van der Waals surface area contributed by atoms with Crippen LogP contribution in [0.2, 0.25) is 0 Å². The van der Waals surface area contributed by atoms with Crippen molar-refractivity contribution in [1.82, 2.24) is 4.98 Å². The van der Waals surface area contributed by atoms with E-state index >= 15 is 0 Å². The Labute approximate surface area is 123 Å². The zero-order valence-corrected chi connectivity index (χ0v) is 11.8. The molecule has 0 aliphatic carbocycles. The summed E-state index contributed by atoms with van der Waals surface area (Å²) in [5.74, 6) is -0.578. The quantitative estimate of drug-likeness (QED) is 0.812. The zero-order valence-electron chi connectivity index (χ0n) is 11.8. The van der Waals surface area contributed by atoms with Crippen LogP contribution in [-0.4, -0.2) is 16.8 Å². The lowest BCUT2D eigenvalue weighted by Crippen LogP contribution is -2.30. The first kappa shape index (κ1) is 13.5. The number of carbonyl (C=O) groups excluding carboxylic acids is 2. The van der Waals surface area contributed by atoms with Crippen molar-refractivity contribution in [2.75, 3.05) is 4.90 Å². The molecule has 106 valence electrons. The highest BCUT2D eigenvalue weighted by molar-refractivity contribution is 6.20. The predicted molar refractivity (Wildman–Crippen MR) is 79.7 cm³/mol. The van der Waals surface area contributed by atoms with Crippen LogP contribution < -0.4 is 4.90 Å². The Morgan fingerprint density at radius 1 is 1.10 bits per heavy atom. The van der Waals surface area contributed by atoms with Crippen molar-refractivity contribution in [1.29, 1.82) is 0 Å². The van der Waals surface area contributed by atoms with Crippen molar-refractivity contribution in [3.8, 4) is 0 Å². The number of carbonyl (C=O) groups is 2. The smallest absolute Gasteiger partial charge is 0.237 e. The number of rotatable bonds is 3. The second kappa shape index (κ2) is 5.48. The van der Waals surface area contributed by atoms with Gasteiger partial charge >= 0.3 is 0 Å². The maximum atomic E-state index is 12.5. The van der Waals surface area contributed by atoms with Gasteiger partial charge in [-0.2, -0.15) is 0 Å². The number of pyridine rings is 1. The molecule has 4 heteroatoms. The fourth-order valence-corrected chi connectivity index (χ4v) is 2.67. The third kappa shape index (κ3) is 2.70.